The molecule has 50 heavy (non-hydrogen) atoms. The average molecular weight is 641 g/mol. The zero-order valence-electron chi connectivity index (χ0n) is 27.8. The van der Waals surface area contributed by atoms with Crippen LogP contribution in [0, 0.1) is 0 Å². The Hall–Kier alpha value is -6.39. The fourth-order valence-electron chi connectivity index (χ4n) is 7.88. The van der Waals surface area contributed by atoms with Crippen LogP contribution in [0.1, 0.15) is 25.0 Å². The van der Waals surface area contributed by atoms with Gasteiger partial charge in [0.05, 0.1) is 11.0 Å². The molecule has 0 atom stereocenters. The van der Waals surface area contributed by atoms with Gasteiger partial charge < -0.3 is 4.57 Å². The van der Waals surface area contributed by atoms with E-state index in [1.54, 1.807) is 0 Å². The molecule has 7 aromatic carbocycles. The number of hydrogen-bond acceptors (Lipinski definition) is 3. The van der Waals surface area contributed by atoms with Crippen LogP contribution in [0.25, 0.3) is 83.6 Å². The minimum atomic E-state index is -0.0557. The Kier molecular flexibility index (Phi) is 6.19. The quantitative estimate of drug-likeness (QED) is 0.192. The molecule has 2 heterocycles. The molecule has 1 aliphatic carbocycles. The van der Waals surface area contributed by atoms with Crippen molar-refractivity contribution >= 4 is 32.6 Å². The van der Waals surface area contributed by atoms with Gasteiger partial charge in [0.1, 0.15) is 0 Å². The minimum absolute atomic E-state index is 0.0557. The normalized spacial score (nSPS) is 13.2. The van der Waals surface area contributed by atoms with E-state index in [0.29, 0.717) is 17.5 Å². The summed E-state index contributed by atoms with van der Waals surface area (Å²) in [7, 11) is 0. The Bertz CT molecular complexity index is 2770. The molecule has 0 saturated carbocycles. The lowest BCUT2D eigenvalue weighted by Crippen LogP contribution is -2.14. The van der Waals surface area contributed by atoms with Gasteiger partial charge in [0, 0.05) is 38.6 Å². The summed E-state index contributed by atoms with van der Waals surface area (Å²) in [5.41, 5.74) is 11.7. The van der Waals surface area contributed by atoms with Crippen LogP contribution in [-0.4, -0.2) is 19.5 Å². The van der Waals surface area contributed by atoms with E-state index in [-0.39, 0.29) is 5.41 Å². The predicted octanol–water partition coefficient (Wildman–Crippen LogP) is 11.4. The third-order valence-electron chi connectivity index (χ3n) is 10.4. The van der Waals surface area contributed by atoms with Crippen molar-refractivity contribution in [2.45, 2.75) is 19.3 Å². The molecule has 0 saturated heterocycles. The van der Waals surface area contributed by atoms with Crippen LogP contribution >= 0.6 is 0 Å². The molecule has 236 valence electrons. The summed E-state index contributed by atoms with van der Waals surface area (Å²) in [4.78, 5) is 15.0. The average Bonchev–Trinajstić information content (AvgIpc) is 3.62. The highest BCUT2D eigenvalue weighted by molar-refractivity contribution is 6.11. The zero-order chi connectivity index (χ0) is 33.4. The van der Waals surface area contributed by atoms with Crippen LogP contribution in [-0.2, 0) is 5.41 Å². The van der Waals surface area contributed by atoms with Crippen molar-refractivity contribution in [3.8, 4) is 51.0 Å². The van der Waals surface area contributed by atoms with Crippen molar-refractivity contribution in [3.63, 3.8) is 0 Å². The largest absolute Gasteiger partial charge is 0.309 e. The molecule has 0 radical (unpaired) electrons. The van der Waals surface area contributed by atoms with Crippen molar-refractivity contribution < 1.29 is 0 Å². The van der Waals surface area contributed by atoms with E-state index in [0.717, 1.165) is 27.8 Å². The maximum absolute atomic E-state index is 5.04. The summed E-state index contributed by atoms with van der Waals surface area (Å²) < 4.78 is 2.39. The first kappa shape index (κ1) is 28.6. The molecular weight excluding hydrogens is 609 g/mol. The predicted molar refractivity (Wildman–Crippen MR) is 206 cm³/mol. The zero-order valence-corrected chi connectivity index (χ0v) is 27.8. The summed E-state index contributed by atoms with van der Waals surface area (Å²) in [5.74, 6) is 1.96. The number of rotatable bonds is 4. The van der Waals surface area contributed by atoms with Crippen molar-refractivity contribution in [2.24, 2.45) is 0 Å². The molecular formula is C46H32N4. The summed E-state index contributed by atoms with van der Waals surface area (Å²) in [6.07, 6.45) is 0. The first-order valence-electron chi connectivity index (χ1n) is 17.1. The van der Waals surface area contributed by atoms with E-state index in [9.17, 15) is 0 Å². The Morgan fingerprint density at radius 2 is 1.04 bits per heavy atom. The highest BCUT2D eigenvalue weighted by atomic mass is 15.0. The first-order chi connectivity index (χ1) is 24.5. The number of benzene rings is 7. The third kappa shape index (κ3) is 4.35. The fourth-order valence-corrected chi connectivity index (χ4v) is 7.88. The van der Waals surface area contributed by atoms with Crippen molar-refractivity contribution in [3.05, 3.63) is 169 Å². The SMILES string of the molecule is CC1(C)c2ccccc2-c2cc3c(cc21)c1ccccc1n3-c1ccc(-c2nc(-c3ccccc3)nc(-c3ccc4ccccc4c3)n2)cc1. The molecule has 9 aromatic rings. The number of fused-ring (bicyclic) bond motifs is 7. The summed E-state index contributed by atoms with van der Waals surface area (Å²) in [6, 6.07) is 56.0. The third-order valence-corrected chi connectivity index (χ3v) is 10.4. The molecule has 10 rings (SSSR count). The maximum atomic E-state index is 5.04. The highest BCUT2D eigenvalue weighted by Crippen LogP contribution is 2.51. The summed E-state index contributed by atoms with van der Waals surface area (Å²) in [6.45, 7) is 4.69. The smallest absolute Gasteiger partial charge is 0.164 e. The van der Waals surface area contributed by atoms with E-state index >= 15 is 0 Å². The van der Waals surface area contributed by atoms with Gasteiger partial charge in [-0.05, 0) is 81.6 Å². The van der Waals surface area contributed by atoms with Crippen LogP contribution in [0.3, 0.4) is 0 Å². The lowest BCUT2D eigenvalue weighted by atomic mass is 9.82. The van der Waals surface area contributed by atoms with Crippen LogP contribution in [0.4, 0.5) is 0 Å². The number of hydrogen-bond donors (Lipinski definition) is 0. The lowest BCUT2D eigenvalue weighted by molar-refractivity contribution is 0.661. The Morgan fingerprint density at radius 1 is 0.420 bits per heavy atom. The van der Waals surface area contributed by atoms with Gasteiger partial charge in [0.2, 0.25) is 0 Å². The number of para-hydroxylation sites is 1. The first-order valence-corrected chi connectivity index (χ1v) is 17.1. The van der Waals surface area contributed by atoms with E-state index < -0.39 is 0 Å². The van der Waals surface area contributed by atoms with Gasteiger partial charge in [0.15, 0.2) is 17.5 Å². The van der Waals surface area contributed by atoms with E-state index in [1.165, 1.54) is 49.4 Å². The Morgan fingerprint density at radius 3 is 1.84 bits per heavy atom. The van der Waals surface area contributed by atoms with E-state index in [2.05, 4.69) is 146 Å². The molecule has 4 heteroatoms. The maximum Gasteiger partial charge on any atom is 0.164 e. The van der Waals surface area contributed by atoms with Crippen molar-refractivity contribution in [1.82, 2.24) is 19.5 Å². The van der Waals surface area contributed by atoms with Crippen LogP contribution in [0.15, 0.2) is 158 Å². The molecule has 0 aliphatic heterocycles. The van der Waals surface area contributed by atoms with Crippen LogP contribution in [0.2, 0.25) is 0 Å². The molecule has 0 unspecified atom stereocenters. The molecule has 0 fully saturated rings. The molecule has 4 nitrogen and oxygen atoms in total. The van der Waals surface area contributed by atoms with Gasteiger partial charge in [0.25, 0.3) is 0 Å². The molecule has 0 bridgehead atoms. The van der Waals surface area contributed by atoms with Gasteiger partial charge >= 0.3 is 0 Å². The fraction of sp³-hybridized carbons (Fsp3) is 0.0652. The molecule has 0 spiro atoms. The van der Waals surface area contributed by atoms with E-state index in [4.69, 9.17) is 15.0 Å². The van der Waals surface area contributed by atoms with Crippen LogP contribution < -0.4 is 0 Å². The Balaban J connectivity index is 1.12. The Labute approximate surface area is 290 Å². The second kappa shape index (κ2) is 10.8. The standard InChI is InChI=1S/C46H32N4/c1-46(2)39-18-10-8-16-35(39)37-28-42-38(27-40(37)46)36-17-9-11-19-41(36)50(42)34-24-22-31(23-25-34)44-47-43(30-13-4-3-5-14-30)48-45(49-44)33-21-20-29-12-6-7-15-32(29)26-33/h3-28H,1-2H3. The topological polar surface area (TPSA) is 43.6 Å². The summed E-state index contributed by atoms with van der Waals surface area (Å²) >= 11 is 0. The van der Waals surface area contributed by atoms with E-state index in [1.807, 2.05) is 30.3 Å². The van der Waals surface area contributed by atoms with Crippen molar-refractivity contribution in [2.75, 3.05) is 0 Å². The second-order valence-electron chi connectivity index (χ2n) is 13.7. The summed E-state index contributed by atoms with van der Waals surface area (Å²) in [5, 5.41) is 4.87. The minimum Gasteiger partial charge on any atom is -0.309 e. The van der Waals surface area contributed by atoms with Gasteiger partial charge in [-0.15, -0.1) is 0 Å². The molecule has 0 amide bonds. The number of aromatic nitrogens is 4. The van der Waals surface area contributed by atoms with Gasteiger partial charge in [-0.3, -0.25) is 0 Å². The van der Waals surface area contributed by atoms with Crippen molar-refractivity contribution in [1.29, 1.82) is 0 Å². The molecule has 0 N–H and O–H groups in total. The van der Waals surface area contributed by atoms with Gasteiger partial charge in [-0.25, -0.2) is 15.0 Å². The van der Waals surface area contributed by atoms with Crippen LogP contribution in [0.5, 0.6) is 0 Å². The lowest BCUT2D eigenvalue weighted by Gasteiger charge is -2.21. The number of nitrogens with zero attached hydrogens (tertiary/aromatic N) is 4. The van der Waals surface area contributed by atoms with Gasteiger partial charge in [-0.1, -0.05) is 123 Å². The molecule has 1 aliphatic rings. The molecule has 2 aromatic heterocycles. The second-order valence-corrected chi connectivity index (χ2v) is 13.7. The van der Waals surface area contributed by atoms with Gasteiger partial charge in [-0.2, -0.15) is 0 Å². The highest BCUT2D eigenvalue weighted by Gasteiger charge is 2.36. The monoisotopic (exact) mass is 640 g/mol.